The Morgan fingerprint density at radius 3 is 2.83 bits per heavy atom. The number of carbonyl (C=O) groups is 1. The number of carboxylic acid groups (broad SMARTS) is 1. The molecule has 0 unspecified atom stereocenters. The molecule has 0 aliphatic rings. The molecular formula is C14H20O3S. The highest BCUT2D eigenvalue weighted by Crippen LogP contribution is 2.14. The first-order valence-electron chi connectivity index (χ1n) is 6.13. The quantitative estimate of drug-likeness (QED) is 0.732. The van der Waals surface area contributed by atoms with Gasteiger partial charge < -0.3 is 9.84 Å². The van der Waals surface area contributed by atoms with Crippen LogP contribution in [0.25, 0.3) is 0 Å². The molecule has 0 radical (unpaired) electrons. The molecule has 0 saturated heterocycles. The zero-order valence-corrected chi connectivity index (χ0v) is 11.7. The minimum atomic E-state index is -0.924. The summed E-state index contributed by atoms with van der Waals surface area (Å²) in [4.78, 5) is 10.8. The lowest BCUT2D eigenvalue weighted by atomic mass is 10.2. The van der Waals surface area contributed by atoms with E-state index in [1.54, 1.807) is 24.3 Å². The van der Waals surface area contributed by atoms with Crippen molar-refractivity contribution in [3.05, 3.63) is 29.8 Å². The molecule has 0 saturated carbocycles. The highest BCUT2D eigenvalue weighted by Gasteiger charge is 2.03. The van der Waals surface area contributed by atoms with E-state index in [1.807, 2.05) is 11.8 Å². The van der Waals surface area contributed by atoms with E-state index in [2.05, 4.69) is 13.8 Å². The van der Waals surface area contributed by atoms with Gasteiger partial charge in [-0.3, -0.25) is 0 Å². The lowest BCUT2D eigenvalue weighted by Gasteiger charge is -2.07. The molecule has 1 aromatic carbocycles. The number of carboxylic acids is 1. The second-order valence-corrected chi connectivity index (χ2v) is 5.70. The molecule has 0 heterocycles. The van der Waals surface area contributed by atoms with Crippen LogP contribution in [0.2, 0.25) is 0 Å². The maximum atomic E-state index is 10.8. The Morgan fingerprint density at radius 2 is 2.17 bits per heavy atom. The predicted molar refractivity (Wildman–Crippen MR) is 75.7 cm³/mol. The van der Waals surface area contributed by atoms with E-state index in [4.69, 9.17) is 9.84 Å². The van der Waals surface area contributed by atoms with Crippen molar-refractivity contribution in [2.24, 2.45) is 5.92 Å². The first-order valence-corrected chi connectivity index (χ1v) is 7.29. The molecule has 0 aliphatic heterocycles. The number of hydrogen-bond acceptors (Lipinski definition) is 3. The lowest BCUT2D eigenvalue weighted by molar-refractivity contribution is 0.0696. The molecule has 1 rings (SSSR count). The average Bonchev–Trinajstić information content (AvgIpc) is 2.33. The summed E-state index contributed by atoms with van der Waals surface area (Å²) in [7, 11) is 0. The van der Waals surface area contributed by atoms with Crippen molar-refractivity contribution in [2.45, 2.75) is 20.3 Å². The highest BCUT2D eigenvalue weighted by atomic mass is 32.2. The van der Waals surface area contributed by atoms with E-state index in [0.29, 0.717) is 12.4 Å². The second-order valence-electron chi connectivity index (χ2n) is 4.48. The summed E-state index contributed by atoms with van der Waals surface area (Å²) >= 11 is 1.87. The summed E-state index contributed by atoms with van der Waals surface area (Å²) in [5.41, 5.74) is 0.264. The maximum Gasteiger partial charge on any atom is 0.335 e. The standard InChI is InChI=1S/C14H20O3S/c1-11(2)6-8-18-9-7-17-13-5-3-4-12(10-13)14(15)16/h3-5,10-11H,6-9H2,1-2H3,(H,15,16). The predicted octanol–water partition coefficient (Wildman–Crippen LogP) is 3.54. The summed E-state index contributed by atoms with van der Waals surface area (Å²) in [6.07, 6.45) is 1.22. The van der Waals surface area contributed by atoms with Crippen molar-refractivity contribution in [3.8, 4) is 5.75 Å². The second kappa shape index (κ2) is 8.03. The van der Waals surface area contributed by atoms with Gasteiger partial charge in [-0.25, -0.2) is 4.79 Å². The summed E-state index contributed by atoms with van der Waals surface area (Å²) < 4.78 is 5.52. The van der Waals surface area contributed by atoms with E-state index in [9.17, 15) is 4.79 Å². The smallest absolute Gasteiger partial charge is 0.335 e. The zero-order chi connectivity index (χ0) is 13.4. The molecule has 100 valence electrons. The molecular weight excluding hydrogens is 248 g/mol. The molecule has 0 fully saturated rings. The number of rotatable bonds is 8. The fourth-order valence-electron chi connectivity index (χ4n) is 1.36. The third-order valence-electron chi connectivity index (χ3n) is 2.42. The number of benzene rings is 1. The zero-order valence-electron chi connectivity index (χ0n) is 10.9. The average molecular weight is 268 g/mol. The SMILES string of the molecule is CC(C)CCSCCOc1cccc(C(=O)O)c1. The molecule has 4 heteroatoms. The molecule has 1 N–H and O–H groups in total. The third kappa shape index (κ3) is 5.96. The van der Waals surface area contributed by atoms with Crippen molar-refractivity contribution in [1.29, 1.82) is 0 Å². The lowest BCUT2D eigenvalue weighted by Crippen LogP contribution is -2.03. The van der Waals surface area contributed by atoms with Crippen LogP contribution >= 0.6 is 11.8 Å². The van der Waals surface area contributed by atoms with Gasteiger partial charge in [0.25, 0.3) is 0 Å². The largest absolute Gasteiger partial charge is 0.493 e. The summed E-state index contributed by atoms with van der Waals surface area (Å²) in [6, 6.07) is 6.60. The topological polar surface area (TPSA) is 46.5 Å². The Kier molecular flexibility index (Phi) is 6.65. The number of aromatic carboxylic acids is 1. The van der Waals surface area contributed by atoms with Gasteiger partial charge in [0.05, 0.1) is 12.2 Å². The van der Waals surface area contributed by atoms with Crippen LogP contribution in [0.15, 0.2) is 24.3 Å². The fraction of sp³-hybridized carbons (Fsp3) is 0.500. The van der Waals surface area contributed by atoms with Gasteiger partial charge in [0.15, 0.2) is 0 Å². The van der Waals surface area contributed by atoms with Gasteiger partial charge in [0.2, 0.25) is 0 Å². The van der Waals surface area contributed by atoms with Crippen molar-refractivity contribution in [3.63, 3.8) is 0 Å². The minimum absolute atomic E-state index is 0.264. The number of thioether (sulfide) groups is 1. The summed E-state index contributed by atoms with van der Waals surface area (Å²) in [5.74, 6) is 2.53. The van der Waals surface area contributed by atoms with Crippen LogP contribution in [-0.4, -0.2) is 29.2 Å². The van der Waals surface area contributed by atoms with Crippen LogP contribution in [0.5, 0.6) is 5.75 Å². The first-order chi connectivity index (χ1) is 8.59. The van der Waals surface area contributed by atoms with Crippen LogP contribution in [0, 0.1) is 5.92 Å². The molecule has 0 aliphatic carbocycles. The van der Waals surface area contributed by atoms with Gasteiger partial charge in [-0.05, 0) is 36.3 Å². The number of hydrogen-bond donors (Lipinski definition) is 1. The molecule has 0 bridgehead atoms. The van der Waals surface area contributed by atoms with Gasteiger partial charge in [-0.1, -0.05) is 19.9 Å². The van der Waals surface area contributed by atoms with Crippen LogP contribution in [-0.2, 0) is 0 Å². The van der Waals surface area contributed by atoms with Crippen LogP contribution < -0.4 is 4.74 Å². The van der Waals surface area contributed by atoms with E-state index >= 15 is 0 Å². The van der Waals surface area contributed by atoms with E-state index in [1.165, 1.54) is 6.42 Å². The van der Waals surface area contributed by atoms with Gasteiger partial charge >= 0.3 is 5.97 Å². The van der Waals surface area contributed by atoms with Gasteiger partial charge in [0, 0.05) is 5.75 Å². The Labute approximate surface area is 113 Å². The number of ether oxygens (including phenoxy) is 1. The van der Waals surface area contributed by atoms with Crippen LogP contribution in [0.3, 0.4) is 0 Å². The van der Waals surface area contributed by atoms with E-state index in [-0.39, 0.29) is 5.56 Å². The fourth-order valence-corrected chi connectivity index (χ4v) is 2.40. The van der Waals surface area contributed by atoms with E-state index in [0.717, 1.165) is 17.4 Å². The normalized spacial score (nSPS) is 10.6. The van der Waals surface area contributed by atoms with Crippen molar-refractivity contribution >= 4 is 17.7 Å². The Morgan fingerprint density at radius 1 is 1.39 bits per heavy atom. The molecule has 0 amide bonds. The monoisotopic (exact) mass is 268 g/mol. The molecule has 18 heavy (non-hydrogen) atoms. The van der Waals surface area contributed by atoms with Crippen molar-refractivity contribution < 1.29 is 14.6 Å². The van der Waals surface area contributed by atoms with E-state index < -0.39 is 5.97 Å². The maximum absolute atomic E-state index is 10.8. The molecule has 0 atom stereocenters. The highest BCUT2D eigenvalue weighted by molar-refractivity contribution is 7.99. The van der Waals surface area contributed by atoms with Gasteiger partial charge in [-0.15, -0.1) is 0 Å². The molecule has 0 spiro atoms. The minimum Gasteiger partial charge on any atom is -0.493 e. The summed E-state index contributed by atoms with van der Waals surface area (Å²) in [5, 5.41) is 8.84. The Hall–Kier alpha value is -1.16. The van der Waals surface area contributed by atoms with Gasteiger partial charge in [-0.2, -0.15) is 11.8 Å². The van der Waals surface area contributed by atoms with Gasteiger partial charge in [0.1, 0.15) is 5.75 Å². The van der Waals surface area contributed by atoms with Crippen molar-refractivity contribution in [2.75, 3.05) is 18.1 Å². The summed E-state index contributed by atoms with van der Waals surface area (Å²) in [6.45, 7) is 5.05. The molecule has 1 aromatic rings. The van der Waals surface area contributed by atoms with Crippen LogP contribution in [0.1, 0.15) is 30.6 Å². The third-order valence-corrected chi connectivity index (χ3v) is 3.40. The Balaban J connectivity index is 2.23. The Bertz CT molecular complexity index is 377. The van der Waals surface area contributed by atoms with Crippen molar-refractivity contribution in [1.82, 2.24) is 0 Å². The van der Waals surface area contributed by atoms with Crippen LogP contribution in [0.4, 0.5) is 0 Å². The molecule has 3 nitrogen and oxygen atoms in total. The first kappa shape index (κ1) is 14.9. The molecule has 0 aromatic heterocycles.